The number of aryl methyl sites for hydroxylation is 1. The van der Waals surface area contributed by atoms with E-state index in [1.54, 1.807) is 12.3 Å². The van der Waals surface area contributed by atoms with Gasteiger partial charge in [-0.1, -0.05) is 5.21 Å². The number of fused-ring (bicyclic) bond motifs is 1. The standard InChI is InChI=1S/C16H20N6O2/c23-15-5-2-7-20(15)10-13-14-11-21(8-3-9-22(14)19-18-13)16(24)12-4-1-6-17-12/h1,4,6,17H,2-3,5,7-11H2. The van der Waals surface area contributed by atoms with Crippen LogP contribution in [-0.2, 0) is 24.4 Å². The Labute approximate surface area is 139 Å². The first-order valence-electron chi connectivity index (χ1n) is 8.34. The molecule has 0 atom stereocenters. The number of likely N-dealkylation sites (tertiary alicyclic amines) is 1. The quantitative estimate of drug-likeness (QED) is 0.902. The van der Waals surface area contributed by atoms with Gasteiger partial charge >= 0.3 is 0 Å². The fraction of sp³-hybridized carbons (Fsp3) is 0.500. The van der Waals surface area contributed by atoms with E-state index in [2.05, 4.69) is 15.3 Å². The molecule has 0 unspecified atom stereocenters. The van der Waals surface area contributed by atoms with Gasteiger partial charge in [-0.05, 0) is 25.0 Å². The number of aromatic amines is 1. The molecule has 126 valence electrons. The Bertz CT molecular complexity index is 751. The van der Waals surface area contributed by atoms with Crippen LogP contribution < -0.4 is 0 Å². The third-order valence-corrected chi connectivity index (χ3v) is 4.68. The number of nitrogens with zero attached hydrogens (tertiary/aromatic N) is 5. The first kappa shape index (κ1) is 14.9. The molecule has 2 aliphatic rings. The average Bonchev–Trinajstić information content (AvgIpc) is 3.29. The zero-order chi connectivity index (χ0) is 16.5. The Morgan fingerprint density at radius 1 is 1.25 bits per heavy atom. The molecule has 1 N–H and O–H groups in total. The third-order valence-electron chi connectivity index (χ3n) is 4.68. The second-order valence-corrected chi connectivity index (χ2v) is 6.29. The molecule has 4 heterocycles. The zero-order valence-corrected chi connectivity index (χ0v) is 13.4. The summed E-state index contributed by atoms with van der Waals surface area (Å²) in [5.41, 5.74) is 2.33. The number of carbonyl (C=O) groups excluding carboxylic acids is 2. The van der Waals surface area contributed by atoms with E-state index in [0.717, 1.165) is 37.3 Å². The van der Waals surface area contributed by atoms with Crippen molar-refractivity contribution in [3.05, 3.63) is 35.4 Å². The Hall–Kier alpha value is -2.64. The molecule has 0 spiro atoms. The van der Waals surface area contributed by atoms with Crippen LogP contribution in [0.15, 0.2) is 18.3 Å². The molecule has 2 aliphatic heterocycles. The lowest BCUT2D eigenvalue weighted by atomic mass is 10.2. The van der Waals surface area contributed by atoms with Crippen LogP contribution in [-0.4, -0.2) is 54.7 Å². The Kier molecular flexibility index (Phi) is 3.79. The van der Waals surface area contributed by atoms with Gasteiger partial charge in [0.1, 0.15) is 11.4 Å². The molecule has 0 bridgehead atoms. The molecule has 8 heteroatoms. The van der Waals surface area contributed by atoms with Crippen molar-refractivity contribution >= 4 is 11.8 Å². The van der Waals surface area contributed by atoms with E-state index < -0.39 is 0 Å². The zero-order valence-electron chi connectivity index (χ0n) is 13.4. The van der Waals surface area contributed by atoms with Crippen LogP contribution in [0.3, 0.4) is 0 Å². The summed E-state index contributed by atoms with van der Waals surface area (Å²) in [4.78, 5) is 31.1. The van der Waals surface area contributed by atoms with E-state index in [9.17, 15) is 9.59 Å². The number of carbonyl (C=O) groups is 2. The number of hydrogen-bond donors (Lipinski definition) is 1. The van der Waals surface area contributed by atoms with Gasteiger partial charge in [-0.3, -0.25) is 9.59 Å². The predicted molar refractivity (Wildman–Crippen MR) is 84.8 cm³/mol. The third kappa shape index (κ3) is 2.68. The summed E-state index contributed by atoms with van der Waals surface area (Å²) >= 11 is 0. The maximum absolute atomic E-state index is 12.6. The molecular weight excluding hydrogens is 308 g/mol. The number of hydrogen-bond acceptors (Lipinski definition) is 4. The van der Waals surface area contributed by atoms with Gasteiger partial charge in [0.25, 0.3) is 5.91 Å². The highest BCUT2D eigenvalue weighted by Gasteiger charge is 2.27. The molecule has 0 aromatic carbocycles. The maximum atomic E-state index is 12.6. The van der Waals surface area contributed by atoms with Crippen LogP contribution in [0.2, 0.25) is 0 Å². The number of aromatic nitrogens is 4. The monoisotopic (exact) mass is 328 g/mol. The smallest absolute Gasteiger partial charge is 0.270 e. The van der Waals surface area contributed by atoms with Crippen molar-refractivity contribution in [3.8, 4) is 0 Å². The van der Waals surface area contributed by atoms with Crippen LogP contribution in [0.4, 0.5) is 0 Å². The molecule has 4 rings (SSSR count). The van der Waals surface area contributed by atoms with Crippen LogP contribution in [0, 0.1) is 0 Å². The van der Waals surface area contributed by atoms with Crippen LogP contribution >= 0.6 is 0 Å². The van der Waals surface area contributed by atoms with Gasteiger partial charge in [-0.15, -0.1) is 5.10 Å². The number of H-pyrrole nitrogens is 1. The predicted octanol–water partition coefficient (Wildman–Crippen LogP) is 0.775. The van der Waals surface area contributed by atoms with Crippen molar-refractivity contribution < 1.29 is 9.59 Å². The largest absolute Gasteiger partial charge is 0.357 e. The van der Waals surface area contributed by atoms with Gasteiger partial charge in [0.2, 0.25) is 5.91 Å². The van der Waals surface area contributed by atoms with Crippen molar-refractivity contribution in [1.29, 1.82) is 0 Å². The minimum absolute atomic E-state index is 0.0159. The van der Waals surface area contributed by atoms with E-state index >= 15 is 0 Å². The summed E-state index contributed by atoms with van der Waals surface area (Å²) in [5, 5.41) is 8.49. The Morgan fingerprint density at radius 3 is 2.92 bits per heavy atom. The molecule has 24 heavy (non-hydrogen) atoms. The van der Waals surface area contributed by atoms with Gasteiger partial charge in [0.15, 0.2) is 0 Å². The molecule has 0 aliphatic carbocycles. The topological polar surface area (TPSA) is 87.1 Å². The van der Waals surface area contributed by atoms with E-state index in [1.165, 1.54) is 0 Å². The second-order valence-electron chi connectivity index (χ2n) is 6.29. The molecule has 0 radical (unpaired) electrons. The van der Waals surface area contributed by atoms with Crippen molar-refractivity contribution in [3.63, 3.8) is 0 Å². The lowest BCUT2D eigenvalue weighted by Crippen LogP contribution is -2.32. The van der Waals surface area contributed by atoms with Crippen LogP contribution in [0.1, 0.15) is 41.1 Å². The Balaban J connectivity index is 1.56. The van der Waals surface area contributed by atoms with E-state index in [1.807, 2.05) is 20.5 Å². The van der Waals surface area contributed by atoms with Crippen molar-refractivity contribution in [2.75, 3.05) is 13.1 Å². The number of amides is 2. The first-order chi connectivity index (χ1) is 11.7. The minimum Gasteiger partial charge on any atom is -0.357 e. The summed E-state index contributed by atoms with van der Waals surface area (Å²) in [6.07, 6.45) is 4.10. The van der Waals surface area contributed by atoms with Gasteiger partial charge in [0.05, 0.1) is 18.8 Å². The van der Waals surface area contributed by atoms with E-state index in [4.69, 9.17) is 0 Å². The van der Waals surface area contributed by atoms with Crippen molar-refractivity contribution in [1.82, 2.24) is 29.8 Å². The van der Waals surface area contributed by atoms with Crippen LogP contribution in [0.5, 0.6) is 0 Å². The van der Waals surface area contributed by atoms with E-state index in [-0.39, 0.29) is 11.8 Å². The molecular formula is C16H20N6O2. The summed E-state index contributed by atoms with van der Waals surface area (Å²) < 4.78 is 1.87. The molecule has 1 saturated heterocycles. The SMILES string of the molecule is O=C1CCCN1Cc1nnn2c1CN(C(=O)c1ccc[nH]1)CCC2. The first-order valence-corrected chi connectivity index (χ1v) is 8.34. The number of rotatable bonds is 3. The Morgan fingerprint density at radius 2 is 2.17 bits per heavy atom. The van der Waals surface area contributed by atoms with Gasteiger partial charge in [-0.25, -0.2) is 4.68 Å². The maximum Gasteiger partial charge on any atom is 0.270 e. The fourth-order valence-electron chi connectivity index (χ4n) is 3.37. The van der Waals surface area contributed by atoms with Gasteiger partial charge in [0, 0.05) is 32.3 Å². The van der Waals surface area contributed by atoms with Crippen LogP contribution in [0.25, 0.3) is 0 Å². The highest BCUT2D eigenvalue weighted by Crippen LogP contribution is 2.20. The molecule has 2 aromatic heterocycles. The summed E-state index contributed by atoms with van der Waals surface area (Å²) in [5.74, 6) is 0.155. The second kappa shape index (κ2) is 6.10. The lowest BCUT2D eigenvalue weighted by molar-refractivity contribution is -0.128. The molecule has 8 nitrogen and oxygen atoms in total. The van der Waals surface area contributed by atoms with Gasteiger partial charge in [-0.2, -0.15) is 0 Å². The van der Waals surface area contributed by atoms with Gasteiger partial charge < -0.3 is 14.8 Å². The van der Waals surface area contributed by atoms with Crippen molar-refractivity contribution in [2.24, 2.45) is 0 Å². The minimum atomic E-state index is -0.0159. The van der Waals surface area contributed by atoms with Crippen molar-refractivity contribution in [2.45, 2.75) is 38.9 Å². The molecule has 2 aromatic rings. The highest BCUT2D eigenvalue weighted by atomic mass is 16.2. The fourth-order valence-corrected chi connectivity index (χ4v) is 3.37. The summed E-state index contributed by atoms with van der Waals surface area (Å²) in [6, 6.07) is 3.61. The molecule has 0 saturated carbocycles. The average molecular weight is 328 g/mol. The summed E-state index contributed by atoms with van der Waals surface area (Å²) in [7, 11) is 0. The molecule has 2 amide bonds. The number of nitrogens with one attached hydrogen (secondary N) is 1. The summed E-state index contributed by atoms with van der Waals surface area (Å²) in [6.45, 7) is 3.16. The highest BCUT2D eigenvalue weighted by molar-refractivity contribution is 5.92. The molecule has 1 fully saturated rings. The van der Waals surface area contributed by atoms with E-state index in [0.29, 0.717) is 31.7 Å². The normalized spacial score (nSPS) is 17.9. The lowest BCUT2D eigenvalue weighted by Gasteiger charge is -2.20.